The van der Waals surface area contributed by atoms with E-state index in [-0.39, 0.29) is 5.83 Å². The molecule has 0 rings (SSSR count). The average molecular weight is 210 g/mol. The molecule has 0 spiro atoms. The summed E-state index contributed by atoms with van der Waals surface area (Å²) in [6, 6.07) is 0. The van der Waals surface area contributed by atoms with Crippen molar-refractivity contribution in [2.45, 2.75) is 26.7 Å². The van der Waals surface area contributed by atoms with E-state index in [0.29, 0.717) is 12.8 Å². The van der Waals surface area contributed by atoms with Crippen LogP contribution in [0.4, 0.5) is 4.39 Å². The Labute approximate surface area is 91.6 Å². The Balaban J connectivity index is 4.79. The van der Waals surface area contributed by atoms with E-state index >= 15 is 0 Å². The maximum Gasteiger partial charge on any atom is 0.122 e. The van der Waals surface area contributed by atoms with Gasteiger partial charge in [-0.1, -0.05) is 25.7 Å². The van der Waals surface area contributed by atoms with Gasteiger partial charge in [-0.3, -0.25) is 0 Å². The molecule has 0 radical (unpaired) electrons. The monoisotopic (exact) mass is 210 g/mol. The molecule has 0 atom stereocenters. The van der Waals surface area contributed by atoms with E-state index in [2.05, 4.69) is 6.58 Å². The zero-order chi connectivity index (χ0) is 11.7. The van der Waals surface area contributed by atoms with Gasteiger partial charge in [0.2, 0.25) is 0 Å². The molecule has 2 heteroatoms. The van der Waals surface area contributed by atoms with Gasteiger partial charge in [-0.05, 0) is 37.5 Å². The second kappa shape index (κ2) is 8.04. The smallest absolute Gasteiger partial charge is 0.122 e. The van der Waals surface area contributed by atoms with Crippen LogP contribution in [-0.2, 0) is 4.74 Å². The first kappa shape index (κ1) is 13.7. The molecule has 0 saturated heterocycles. The van der Waals surface area contributed by atoms with Crippen molar-refractivity contribution >= 4 is 0 Å². The first-order valence-corrected chi connectivity index (χ1v) is 5.06. The van der Waals surface area contributed by atoms with E-state index in [1.807, 2.05) is 19.1 Å². The standard InChI is InChI=1S/C13H19FO/c1-5-8-13(15-4)11(6-2)9-10-12(14)7-3/h5-6,8,10H,2,7,9H2,1,3-4H3/b8-5-,12-10+,13-11-. The minimum atomic E-state index is -0.106. The Bertz CT molecular complexity index is 285. The van der Waals surface area contributed by atoms with Gasteiger partial charge in [-0.15, -0.1) is 0 Å². The highest BCUT2D eigenvalue weighted by atomic mass is 19.1. The van der Waals surface area contributed by atoms with Gasteiger partial charge >= 0.3 is 0 Å². The van der Waals surface area contributed by atoms with Crippen LogP contribution in [0.2, 0.25) is 0 Å². The molecule has 0 saturated carbocycles. The predicted octanol–water partition coefficient (Wildman–Crippen LogP) is 4.30. The topological polar surface area (TPSA) is 9.23 Å². The highest BCUT2D eigenvalue weighted by Gasteiger charge is 2.00. The summed E-state index contributed by atoms with van der Waals surface area (Å²) >= 11 is 0. The SMILES string of the molecule is C=C/C(C/C=C(/F)CC)=C(\C=C/C)OC. The maximum absolute atomic E-state index is 12.9. The molecule has 0 fully saturated rings. The molecule has 84 valence electrons. The van der Waals surface area contributed by atoms with E-state index in [4.69, 9.17) is 4.74 Å². The number of rotatable bonds is 6. The Kier molecular flexibility index (Phi) is 7.33. The van der Waals surface area contributed by atoms with Gasteiger partial charge < -0.3 is 4.74 Å². The van der Waals surface area contributed by atoms with E-state index < -0.39 is 0 Å². The molecule has 0 unspecified atom stereocenters. The molecular weight excluding hydrogens is 191 g/mol. The lowest BCUT2D eigenvalue weighted by Crippen LogP contribution is -1.89. The van der Waals surface area contributed by atoms with E-state index in [0.717, 1.165) is 11.3 Å². The van der Waals surface area contributed by atoms with Gasteiger partial charge in [0, 0.05) is 0 Å². The summed E-state index contributed by atoms with van der Waals surface area (Å²) in [5, 5.41) is 0. The van der Waals surface area contributed by atoms with Crippen molar-refractivity contribution < 1.29 is 9.13 Å². The van der Waals surface area contributed by atoms with Gasteiger partial charge in [0.15, 0.2) is 0 Å². The highest BCUT2D eigenvalue weighted by Crippen LogP contribution is 2.15. The number of methoxy groups -OCH3 is 1. The molecule has 1 nitrogen and oxygen atoms in total. The third kappa shape index (κ3) is 5.21. The Morgan fingerprint density at radius 2 is 2.13 bits per heavy atom. The maximum atomic E-state index is 12.9. The molecular formula is C13H19FO. The molecule has 0 N–H and O–H groups in total. The van der Waals surface area contributed by atoms with Crippen LogP contribution < -0.4 is 0 Å². The molecule has 0 aromatic carbocycles. The van der Waals surface area contributed by atoms with E-state index in [1.165, 1.54) is 0 Å². The minimum Gasteiger partial charge on any atom is -0.496 e. The van der Waals surface area contributed by atoms with Crippen LogP contribution in [0.15, 0.2) is 48.0 Å². The van der Waals surface area contributed by atoms with Crippen LogP contribution in [0.5, 0.6) is 0 Å². The normalized spacial score (nSPS) is 14.0. The number of hydrogen-bond acceptors (Lipinski definition) is 1. The number of allylic oxidation sites excluding steroid dienone is 6. The van der Waals surface area contributed by atoms with E-state index in [1.54, 1.807) is 26.2 Å². The molecule has 0 aliphatic heterocycles. The molecule has 0 aliphatic carbocycles. The van der Waals surface area contributed by atoms with Crippen LogP contribution >= 0.6 is 0 Å². The van der Waals surface area contributed by atoms with Crippen molar-refractivity contribution in [1.29, 1.82) is 0 Å². The quantitative estimate of drug-likeness (QED) is 0.469. The lowest BCUT2D eigenvalue weighted by molar-refractivity contribution is 0.303. The fraction of sp³-hybridized carbons (Fsp3) is 0.385. The molecule has 0 amide bonds. The zero-order valence-electron chi connectivity index (χ0n) is 9.72. The largest absolute Gasteiger partial charge is 0.496 e. The summed E-state index contributed by atoms with van der Waals surface area (Å²) in [4.78, 5) is 0. The molecule has 0 aromatic rings. The summed E-state index contributed by atoms with van der Waals surface area (Å²) in [5.41, 5.74) is 0.888. The summed E-state index contributed by atoms with van der Waals surface area (Å²) in [5.74, 6) is 0.623. The third-order valence-corrected chi connectivity index (χ3v) is 1.98. The minimum absolute atomic E-state index is 0.106. The average Bonchev–Trinajstić information content (AvgIpc) is 2.27. The number of halogens is 1. The van der Waals surface area contributed by atoms with Crippen molar-refractivity contribution in [1.82, 2.24) is 0 Å². The Morgan fingerprint density at radius 1 is 1.47 bits per heavy atom. The van der Waals surface area contributed by atoms with E-state index in [9.17, 15) is 4.39 Å². The first-order chi connectivity index (χ1) is 7.19. The number of hydrogen-bond donors (Lipinski definition) is 0. The van der Waals surface area contributed by atoms with Gasteiger partial charge in [-0.25, -0.2) is 4.39 Å². The Hall–Kier alpha value is -1.31. The third-order valence-electron chi connectivity index (χ3n) is 1.98. The van der Waals surface area contributed by atoms with Crippen molar-refractivity contribution in [2.75, 3.05) is 7.11 Å². The van der Waals surface area contributed by atoms with Gasteiger partial charge in [0.1, 0.15) is 5.76 Å². The van der Waals surface area contributed by atoms with Crippen LogP contribution in [0.25, 0.3) is 0 Å². The van der Waals surface area contributed by atoms with Crippen LogP contribution in [0, 0.1) is 0 Å². The summed E-state index contributed by atoms with van der Waals surface area (Å²) < 4.78 is 18.1. The van der Waals surface area contributed by atoms with Gasteiger partial charge in [-0.2, -0.15) is 0 Å². The molecule has 0 bridgehead atoms. The highest BCUT2D eigenvalue weighted by molar-refractivity contribution is 5.30. The lowest BCUT2D eigenvalue weighted by atomic mass is 10.1. The van der Waals surface area contributed by atoms with Gasteiger partial charge in [0.05, 0.1) is 12.9 Å². The Morgan fingerprint density at radius 3 is 2.53 bits per heavy atom. The molecule has 0 aliphatic rings. The molecule has 15 heavy (non-hydrogen) atoms. The fourth-order valence-corrected chi connectivity index (χ4v) is 1.11. The van der Waals surface area contributed by atoms with Crippen molar-refractivity contribution in [3.05, 3.63) is 48.0 Å². The van der Waals surface area contributed by atoms with Gasteiger partial charge in [0.25, 0.3) is 0 Å². The number of ether oxygens (including phenoxy) is 1. The lowest BCUT2D eigenvalue weighted by Gasteiger charge is -2.05. The van der Waals surface area contributed by atoms with Crippen molar-refractivity contribution in [2.24, 2.45) is 0 Å². The van der Waals surface area contributed by atoms with Crippen LogP contribution in [0.3, 0.4) is 0 Å². The second-order valence-corrected chi connectivity index (χ2v) is 3.01. The molecule has 0 aromatic heterocycles. The second-order valence-electron chi connectivity index (χ2n) is 3.01. The zero-order valence-corrected chi connectivity index (χ0v) is 9.72. The van der Waals surface area contributed by atoms with Crippen molar-refractivity contribution in [3.8, 4) is 0 Å². The van der Waals surface area contributed by atoms with Crippen LogP contribution in [0.1, 0.15) is 26.7 Å². The molecule has 0 heterocycles. The van der Waals surface area contributed by atoms with Crippen LogP contribution in [-0.4, -0.2) is 7.11 Å². The fourth-order valence-electron chi connectivity index (χ4n) is 1.11. The van der Waals surface area contributed by atoms with Crippen molar-refractivity contribution in [3.63, 3.8) is 0 Å². The predicted molar refractivity (Wildman–Crippen MR) is 63.1 cm³/mol. The summed E-state index contributed by atoms with van der Waals surface area (Å²) in [6.07, 6.45) is 7.90. The first-order valence-electron chi connectivity index (χ1n) is 5.06. The summed E-state index contributed by atoms with van der Waals surface area (Å²) in [6.45, 7) is 7.38. The summed E-state index contributed by atoms with van der Waals surface area (Å²) in [7, 11) is 1.60.